The predicted molar refractivity (Wildman–Crippen MR) is 88.2 cm³/mol. The molecule has 110 valence electrons. The molecular weight excluding hydrogens is 408 g/mol. The molecule has 0 aliphatic carbocycles. The molecule has 0 aliphatic heterocycles. The first kappa shape index (κ1) is 16.1. The molecule has 0 spiro atoms. The van der Waals surface area contributed by atoms with E-state index in [1.807, 2.05) is 36.4 Å². The van der Waals surface area contributed by atoms with E-state index in [4.69, 9.17) is 11.6 Å². The van der Waals surface area contributed by atoms with Crippen molar-refractivity contribution < 1.29 is 9.18 Å². The van der Waals surface area contributed by atoms with Gasteiger partial charge in [-0.15, -0.1) is 0 Å². The zero-order chi connectivity index (χ0) is 15.6. The Morgan fingerprint density at radius 2 is 2.14 bits per heavy atom. The third-order valence-electron chi connectivity index (χ3n) is 2.67. The van der Waals surface area contributed by atoms with Crippen LogP contribution in [0.5, 0.6) is 0 Å². The van der Waals surface area contributed by atoms with E-state index >= 15 is 0 Å². The fraction of sp³-hybridized carbons (Fsp3) is 0.214. The summed E-state index contributed by atoms with van der Waals surface area (Å²) in [4.78, 5) is 20.5. The SMILES string of the molecule is CC(C)c1ncc(Cl)c(C(=O)Nc2ccc(F)cc2I)n1. The highest BCUT2D eigenvalue weighted by atomic mass is 127. The molecule has 0 bridgehead atoms. The molecule has 1 aromatic heterocycles. The third-order valence-corrected chi connectivity index (χ3v) is 3.84. The summed E-state index contributed by atoms with van der Waals surface area (Å²) in [6, 6.07) is 4.10. The smallest absolute Gasteiger partial charge is 0.275 e. The minimum Gasteiger partial charge on any atom is -0.320 e. The molecule has 2 aromatic rings. The van der Waals surface area contributed by atoms with Crippen LogP contribution in [0.25, 0.3) is 0 Å². The standard InChI is InChI=1S/C14H12ClFIN3O/c1-7(2)13-18-6-9(15)12(20-13)14(21)19-11-4-3-8(16)5-10(11)17/h3-7H,1-2H3,(H,19,21). The number of halogens is 3. The summed E-state index contributed by atoms with van der Waals surface area (Å²) >= 11 is 7.92. The molecule has 2 rings (SSSR count). The molecule has 0 radical (unpaired) electrons. The summed E-state index contributed by atoms with van der Waals surface area (Å²) in [7, 11) is 0. The van der Waals surface area contributed by atoms with Gasteiger partial charge in [0.25, 0.3) is 5.91 Å². The molecule has 0 atom stereocenters. The number of hydrogen-bond acceptors (Lipinski definition) is 3. The van der Waals surface area contributed by atoms with Crippen molar-refractivity contribution in [3.05, 3.63) is 50.3 Å². The van der Waals surface area contributed by atoms with Crippen LogP contribution in [0.3, 0.4) is 0 Å². The molecule has 1 N–H and O–H groups in total. The lowest BCUT2D eigenvalue weighted by molar-refractivity contribution is 0.102. The van der Waals surface area contributed by atoms with E-state index in [2.05, 4.69) is 15.3 Å². The number of carbonyl (C=O) groups is 1. The summed E-state index contributed by atoms with van der Waals surface area (Å²) in [5.41, 5.74) is 0.610. The van der Waals surface area contributed by atoms with Crippen LogP contribution >= 0.6 is 34.2 Å². The van der Waals surface area contributed by atoms with Gasteiger partial charge in [0.1, 0.15) is 11.6 Å². The van der Waals surface area contributed by atoms with Gasteiger partial charge in [-0.2, -0.15) is 0 Å². The maximum atomic E-state index is 13.1. The van der Waals surface area contributed by atoms with Crippen molar-refractivity contribution in [2.45, 2.75) is 19.8 Å². The van der Waals surface area contributed by atoms with Gasteiger partial charge in [-0.25, -0.2) is 14.4 Å². The summed E-state index contributed by atoms with van der Waals surface area (Å²) < 4.78 is 13.6. The van der Waals surface area contributed by atoms with Crippen LogP contribution in [0.15, 0.2) is 24.4 Å². The Hall–Kier alpha value is -1.28. The van der Waals surface area contributed by atoms with Gasteiger partial charge in [-0.3, -0.25) is 4.79 Å². The van der Waals surface area contributed by atoms with Crippen molar-refractivity contribution >= 4 is 45.8 Å². The molecule has 0 saturated carbocycles. The molecule has 1 heterocycles. The number of amides is 1. The normalized spacial score (nSPS) is 10.8. The third kappa shape index (κ3) is 3.88. The Kier molecular flexibility index (Phi) is 5.10. The van der Waals surface area contributed by atoms with E-state index in [-0.39, 0.29) is 22.5 Å². The number of rotatable bonds is 3. The van der Waals surface area contributed by atoms with Crippen molar-refractivity contribution in [2.75, 3.05) is 5.32 Å². The highest BCUT2D eigenvalue weighted by molar-refractivity contribution is 14.1. The summed E-state index contributed by atoms with van der Waals surface area (Å²) in [6.07, 6.45) is 1.41. The zero-order valence-corrected chi connectivity index (χ0v) is 14.2. The van der Waals surface area contributed by atoms with Crippen LogP contribution in [0.1, 0.15) is 36.1 Å². The number of nitrogens with one attached hydrogen (secondary N) is 1. The second kappa shape index (κ2) is 6.65. The highest BCUT2D eigenvalue weighted by Crippen LogP contribution is 2.22. The van der Waals surface area contributed by atoms with Gasteiger partial charge in [-0.1, -0.05) is 25.4 Å². The monoisotopic (exact) mass is 419 g/mol. The molecule has 1 amide bonds. The summed E-state index contributed by atoms with van der Waals surface area (Å²) in [5, 5.41) is 2.85. The molecule has 7 heteroatoms. The zero-order valence-electron chi connectivity index (χ0n) is 11.3. The van der Waals surface area contributed by atoms with Crippen LogP contribution < -0.4 is 5.32 Å². The average molecular weight is 420 g/mol. The van der Waals surface area contributed by atoms with Crippen molar-refractivity contribution in [3.8, 4) is 0 Å². The lowest BCUT2D eigenvalue weighted by atomic mass is 10.2. The number of aromatic nitrogens is 2. The molecule has 0 unspecified atom stereocenters. The van der Waals surface area contributed by atoms with E-state index < -0.39 is 5.91 Å². The number of benzene rings is 1. The van der Waals surface area contributed by atoms with E-state index in [1.54, 1.807) is 0 Å². The average Bonchev–Trinajstić information content (AvgIpc) is 2.42. The lowest BCUT2D eigenvalue weighted by Gasteiger charge is -2.10. The first-order valence-electron chi connectivity index (χ1n) is 6.17. The second-order valence-corrected chi connectivity index (χ2v) is 6.23. The van der Waals surface area contributed by atoms with Crippen molar-refractivity contribution in [1.82, 2.24) is 9.97 Å². The predicted octanol–water partition coefficient (Wildman–Crippen LogP) is 4.25. The van der Waals surface area contributed by atoms with E-state index in [0.717, 1.165) is 0 Å². The molecule has 0 fully saturated rings. The van der Waals surface area contributed by atoms with Crippen LogP contribution in [-0.2, 0) is 0 Å². The van der Waals surface area contributed by atoms with Gasteiger partial charge < -0.3 is 5.32 Å². The Morgan fingerprint density at radius 1 is 1.43 bits per heavy atom. The van der Waals surface area contributed by atoms with Crippen LogP contribution in [0.4, 0.5) is 10.1 Å². The number of carbonyl (C=O) groups excluding carboxylic acids is 1. The maximum absolute atomic E-state index is 13.1. The Balaban J connectivity index is 2.30. The van der Waals surface area contributed by atoms with Crippen LogP contribution in [-0.4, -0.2) is 15.9 Å². The molecule has 1 aromatic carbocycles. The van der Waals surface area contributed by atoms with Gasteiger partial charge in [0, 0.05) is 9.49 Å². The van der Waals surface area contributed by atoms with Gasteiger partial charge in [-0.05, 0) is 40.8 Å². The van der Waals surface area contributed by atoms with Crippen molar-refractivity contribution in [2.24, 2.45) is 0 Å². The van der Waals surface area contributed by atoms with Gasteiger partial charge in [0.05, 0.1) is 16.9 Å². The van der Waals surface area contributed by atoms with E-state index in [9.17, 15) is 9.18 Å². The molecule has 0 aliphatic rings. The fourth-order valence-corrected chi connectivity index (χ4v) is 2.38. The maximum Gasteiger partial charge on any atom is 0.275 e. The van der Waals surface area contributed by atoms with E-state index in [1.165, 1.54) is 24.4 Å². The number of hydrogen-bond donors (Lipinski definition) is 1. The molecule has 21 heavy (non-hydrogen) atoms. The van der Waals surface area contributed by atoms with Gasteiger partial charge >= 0.3 is 0 Å². The minimum atomic E-state index is -0.450. The van der Waals surface area contributed by atoms with Crippen molar-refractivity contribution in [1.29, 1.82) is 0 Å². The molecule has 0 saturated heterocycles. The highest BCUT2D eigenvalue weighted by Gasteiger charge is 2.16. The number of nitrogens with zero attached hydrogens (tertiary/aromatic N) is 2. The van der Waals surface area contributed by atoms with Crippen molar-refractivity contribution in [3.63, 3.8) is 0 Å². The first-order valence-corrected chi connectivity index (χ1v) is 7.63. The second-order valence-electron chi connectivity index (χ2n) is 4.66. The Morgan fingerprint density at radius 3 is 2.76 bits per heavy atom. The lowest BCUT2D eigenvalue weighted by Crippen LogP contribution is -2.17. The van der Waals surface area contributed by atoms with Gasteiger partial charge in [0.2, 0.25) is 0 Å². The molecule has 4 nitrogen and oxygen atoms in total. The van der Waals surface area contributed by atoms with Gasteiger partial charge in [0.15, 0.2) is 5.69 Å². The largest absolute Gasteiger partial charge is 0.320 e. The van der Waals surface area contributed by atoms with Crippen LogP contribution in [0.2, 0.25) is 5.02 Å². The number of anilines is 1. The summed E-state index contributed by atoms with van der Waals surface area (Å²) in [5.74, 6) is -0.188. The fourth-order valence-electron chi connectivity index (χ4n) is 1.59. The van der Waals surface area contributed by atoms with Crippen LogP contribution in [0, 0.1) is 9.39 Å². The summed E-state index contributed by atoms with van der Waals surface area (Å²) in [6.45, 7) is 3.85. The minimum absolute atomic E-state index is 0.0831. The Bertz CT molecular complexity index is 694. The molecular formula is C14H12ClFIN3O. The Labute approximate surface area is 140 Å². The quantitative estimate of drug-likeness (QED) is 0.757. The van der Waals surface area contributed by atoms with E-state index in [0.29, 0.717) is 15.1 Å². The first-order chi connectivity index (χ1) is 9.88. The topological polar surface area (TPSA) is 54.9 Å².